The lowest BCUT2D eigenvalue weighted by Gasteiger charge is -2.26. The summed E-state index contributed by atoms with van der Waals surface area (Å²) in [6.07, 6.45) is 3.95. The molecule has 2 heterocycles. The van der Waals surface area contributed by atoms with Crippen molar-refractivity contribution in [3.05, 3.63) is 70.8 Å². The van der Waals surface area contributed by atoms with Crippen molar-refractivity contribution in [2.45, 2.75) is 38.9 Å². The first-order chi connectivity index (χ1) is 14.8. The first-order valence-corrected chi connectivity index (χ1v) is 11.2. The molecule has 2 aromatic carbocycles. The SMILES string of the molecule is O=C(NCc1ccc(CN2CCOCC2)cc1)c1ccc(CN2CCCCC2)cc1. The summed E-state index contributed by atoms with van der Waals surface area (Å²) in [5.41, 5.74) is 4.43. The van der Waals surface area contributed by atoms with Crippen molar-refractivity contribution in [2.24, 2.45) is 0 Å². The normalized spacial score (nSPS) is 18.3. The molecule has 4 rings (SSSR count). The van der Waals surface area contributed by atoms with Gasteiger partial charge in [0.15, 0.2) is 0 Å². The van der Waals surface area contributed by atoms with Crippen molar-refractivity contribution < 1.29 is 9.53 Å². The zero-order valence-corrected chi connectivity index (χ0v) is 17.8. The number of rotatable bonds is 7. The number of hydrogen-bond acceptors (Lipinski definition) is 4. The predicted octanol–water partition coefficient (Wildman–Crippen LogP) is 3.43. The number of amides is 1. The van der Waals surface area contributed by atoms with E-state index in [-0.39, 0.29) is 5.91 Å². The fraction of sp³-hybridized carbons (Fsp3) is 0.480. The highest BCUT2D eigenvalue weighted by Gasteiger charge is 2.12. The van der Waals surface area contributed by atoms with Crippen LogP contribution in [0.5, 0.6) is 0 Å². The maximum atomic E-state index is 12.5. The molecule has 1 N–H and O–H groups in total. The molecule has 0 saturated carbocycles. The van der Waals surface area contributed by atoms with Gasteiger partial charge in [0.2, 0.25) is 0 Å². The summed E-state index contributed by atoms with van der Waals surface area (Å²) < 4.78 is 5.40. The van der Waals surface area contributed by atoms with Crippen LogP contribution in [0.2, 0.25) is 0 Å². The van der Waals surface area contributed by atoms with Crippen LogP contribution in [0, 0.1) is 0 Å². The minimum Gasteiger partial charge on any atom is -0.379 e. The topological polar surface area (TPSA) is 44.8 Å². The first-order valence-electron chi connectivity index (χ1n) is 11.2. The van der Waals surface area contributed by atoms with Crippen molar-refractivity contribution in [1.29, 1.82) is 0 Å². The number of hydrogen-bond donors (Lipinski definition) is 1. The summed E-state index contributed by atoms with van der Waals surface area (Å²) in [7, 11) is 0. The van der Waals surface area contributed by atoms with E-state index < -0.39 is 0 Å². The first kappa shape index (κ1) is 21.0. The lowest BCUT2D eigenvalue weighted by Crippen LogP contribution is -2.35. The molecule has 5 heteroatoms. The Hall–Kier alpha value is -2.21. The molecule has 0 spiro atoms. The van der Waals surface area contributed by atoms with E-state index in [1.165, 1.54) is 43.5 Å². The molecule has 0 unspecified atom stereocenters. The fourth-order valence-corrected chi connectivity index (χ4v) is 4.20. The highest BCUT2D eigenvalue weighted by molar-refractivity contribution is 5.94. The second-order valence-corrected chi connectivity index (χ2v) is 8.42. The third-order valence-electron chi connectivity index (χ3n) is 6.06. The summed E-state index contributed by atoms with van der Waals surface area (Å²) in [6, 6.07) is 16.6. The Bertz CT molecular complexity index is 792. The number of nitrogens with one attached hydrogen (secondary N) is 1. The number of morpholine rings is 1. The van der Waals surface area contributed by atoms with Crippen LogP contribution in [0.1, 0.15) is 46.3 Å². The number of piperidine rings is 1. The van der Waals surface area contributed by atoms with Gasteiger partial charge < -0.3 is 10.1 Å². The van der Waals surface area contributed by atoms with Gasteiger partial charge in [0.1, 0.15) is 0 Å². The standard InChI is InChI=1S/C25H33N3O2/c29-25(24-10-8-23(9-11-24)19-27-12-2-1-3-13-27)26-18-21-4-6-22(7-5-21)20-28-14-16-30-17-15-28/h4-11H,1-3,12-20H2,(H,26,29). The third kappa shape index (κ3) is 6.14. The minimum absolute atomic E-state index is 0.0167. The summed E-state index contributed by atoms with van der Waals surface area (Å²) in [4.78, 5) is 17.4. The molecular formula is C25H33N3O2. The quantitative estimate of drug-likeness (QED) is 0.764. The van der Waals surface area contributed by atoms with Gasteiger partial charge in [0.25, 0.3) is 5.91 Å². The zero-order chi connectivity index (χ0) is 20.6. The highest BCUT2D eigenvalue weighted by atomic mass is 16.5. The van der Waals surface area contributed by atoms with Crippen molar-refractivity contribution >= 4 is 5.91 Å². The number of carbonyl (C=O) groups excluding carboxylic acids is 1. The zero-order valence-electron chi connectivity index (χ0n) is 17.8. The summed E-state index contributed by atoms with van der Waals surface area (Å²) in [6.45, 7) is 8.50. The minimum atomic E-state index is -0.0167. The number of likely N-dealkylation sites (tertiary alicyclic amines) is 1. The van der Waals surface area contributed by atoms with Gasteiger partial charge in [-0.05, 0) is 54.8 Å². The van der Waals surface area contributed by atoms with E-state index in [9.17, 15) is 4.79 Å². The largest absolute Gasteiger partial charge is 0.379 e. The van der Waals surface area contributed by atoms with Crippen molar-refractivity contribution in [1.82, 2.24) is 15.1 Å². The van der Waals surface area contributed by atoms with E-state index in [1.807, 2.05) is 12.1 Å². The Kier molecular flexibility index (Phi) is 7.51. The molecule has 5 nitrogen and oxygen atoms in total. The number of ether oxygens (including phenoxy) is 1. The summed E-state index contributed by atoms with van der Waals surface area (Å²) >= 11 is 0. The van der Waals surface area contributed by atoms with E-state index >= 15 is 0 Å². The monoisotopic (exact) mass is 407 g/mol. The van der Waals surface area contributed by atoms with Crippen LogP contribution in [0.4, 0.5) is 0 Å². The Labute approximate surface area is 180 Å². The van der Waals surface area contributed by atoms with Gasteiger partial charge in [0, 0.05) is 38.3 Å². The van der Waals surface area contributed by atoms with Crippen LogP contribution in [0.3, 0.4) is 0 Å². The van der Waals surface area contributed by atoms with E-state index in [0.717, 1.165) is 50.5 Å². The second kappa shape index (κ2) is 10.7. The third-order valence-corrected chi connectivity index (χ3v) is 6.06. The van der Waals surface area contributed by atoms with Crippen LogP contribution in [0.15, 0.2) is 48.5 Å². The smallest absolute Gasteiger partial charge is 0.251 e. The second-order valence-electron chi connectivity index (χ2n) is 8.42. The van der Waals surface area contributed by atoms with Crippen LogP contribution >= 0.6 is 0 Å². The van der Waals surface area contributed by atoms with Crippen LogP contribution in [0.25, 0.3) is 0 Å². The van der Waals surface area contributed by atoms with Crippen LogP contribution in [-0.4, -0.2) is 55.1 Å². The molecule has 2 aliphatic heterocycles. The van der Waals surface area contributed by atoms with Gasteiger partial charge in [-0.15, -0.1) is 0 Å². The number of carbonyl (C=O) groups is 1. The number of nitrogens with zero attached hydrogens (tertiary/aromatic N) is 2. The summed E-state index contributed by atoms with van der Waals surface area (Å²) in [5, 5.41) is 3.04. The van der Waals surface area contributed by atoms with Gasteiger partial charge in [0.05, 0.1) is 13.2 Å². The molecule has 30 heavy (non-hydrogen) atoms. The molecule has 2 fully saturated rings. The molecule has 2 saturated heterocycles. The van der Waals surface area contributed by atoms with E-state index in [4.69, 9.17) is 4.74 Å². The van der Waals surface area contributed by atoms with Gasteiger partial charge in [-0.3, -0.25) is 14.6 Å². The molecule has 0 radical (unpaired) electrons. The van der Waals surface area contributed by atoms with Crippen molar-refractivity contribution in [3.8, 4) is 0 Å². The van der Waals surface area contributed by atoms with E-state index in [2.05, 4.69) is 51.5 Å². The van der Waals surface area contributed by atoms with Crippen LogP contribution in [-0.2, 0) is 24.4 Å². The molecule has 0 aromatic heterocycles. The average Bonchev–Trinajstić information content (AvgIpc) is 2.80. The lowest BCUT2D eigenvalue weighted by molar-refractivity contribution is 0.0342. The van der Waals surface area contributed by atoms with Crippen molar-refractivity contribution in [3.63, 3.8) is 0 Å². The molecule has 2 aliphatic rings. The molecule has 0 aliphatic carbocycles. The van der Waals surface area contributed by atoms with Crippen LogP contribution < -0.4 is 5.32 Å². The Balaban J connectivity index is 1.23. The molecular weight excluding hydrogens is 374 g/mol. The van der Waals surface area contributed by atoms with Gasteiger partial charge >= 0.3 is 0 Å². The molecule has 160 valence electrons. The summed E-state index contributed by atoms with van der Waals surface area (Å²) in [5.74, 6) is -0.0167. The molecule has 0 bridgehead atoms. The molecule has 1 amide bonds. The maximum Gasteiger partial charge on any atom is 0.251 e. The molecule has 0 atom stereocenters. The highest BCUT2D eigenvalue weighted by Crippen LogP contribution is 2.14. The Morgan fingerprint density at radius 1 is 0.733 bits per heavy atom. The predicted molar refractivity (Wildman–Crippen MR) is 119 cm³/mol. The number of benzene rings is 2. The van der Waals surface area contributed by atoms with Gasteiger partial charge in [-0.2, -0.15) is 0 Å². The Morgan fingerprint density at radius 2 is 1.27 bits per heavy atom. The van der Waals surface area contributed by atoms with Gasteiger partial charge in [-0.1, -0.05) is 42.8 Å². The van der Waals surface area contributed by atoms with E-state index in [1.54, 1.807) is 0 Å². The fourth-order valence-electron chi connectivity index (χ4n) is 4.20. The Morgan fingerprint density at radius 3 is 1.90 bits per heavy atom. The average molecular weight is 408 g/mol. The van der Waals surface area contributed by atoms with Crippen molar-refractivity contribution in [2.75, 3.05) is 39.4 Å². The lowest BCUT2D eigenvalue weighted by atomic mass is 10.1. The van der Waals surface area contributed by atoms with Gasteiger partial charge in [-0.25, -0.2) is 0 Å². The maximum absolute atomic E-state index is 12.5. The molecule has 2 aromatic rings. The van der Waals surface area contributed by atoms with E-state index in [0.29, 0.717) is 6.54 Å².